The zero-order valence-electron chi connectivity index (χ0n) is 11.5. The molecule has 0 bridgehead atoms. The van der Waals surface area contributed by atoms with E-state index in [0.29, 0.717) is 25.4 Å². The lowest BCUT2D eigenvalue weighted by Gasteiger charge is -2.35. The first-order chi connectivity index (χ1) is 8.41. The molecular weight excluding hydrogens is 250 g/mol. The minimum Gasteiger partial charge on any atom is -0.300 e. The maximum atomic E-state index is 12.2. The van der Waals surface area contributed by atoms with Gasteiger partial charge in [-0.3, -0.25) is 0 Å². The molecule has 0 amide bonds. The Labute approximate surface area is 110 Å². The highest BCUT2D eigenvalue weighted by atomic mass is 32.2. The van der Waals surface area contributed by atoms with Gasteiger partial charge in [0.25, 0.3) is 0 Å². The Morgan fingerprint density at radius 3 is 2.17 bits per heavy atom. The lowest BCUT2D eigenvalue weighted by atomic mass is 10.2. The largest absolute Gasteiger partial charge is 0.300 e. The molecule has 0 aliphatic carbocycles. The molecule has 0 radical (unpaired) electrons. The average molecular weight is 273 g/mol. The van der Waals surface area contributed by atoms with E-state index >= 15 is 0 Å². The lowest BCUT2D eigenvalue weighted by Crippen LogP contribution is -2.51. The summed E-state index contributed by atoms with van der Waals surface area (Å²) in [6, 6.07) is 1.89. The number of rotatable bonds is 5. The van der Waals surface area contributed by atoms with Crippen LogP contribution in [0.15, 0.2) is 0 Å². The van der Waals surface area contributed by atoms with Gasteiger partial charge in [0.2, 0.25) is 10.0 Å². The van der Waals surface area contributed by atoms with E-state index in [9.17, 15) is 8.42 Å². The average Bonchev–Trinajstić information content (AvgIpc) is 2.30. The van der Waals surface area contributed by atoms with Crippen LogP contribution in [0.25, 0.3) is 0 Å². The van der Waals surface area contributed by atoms with Crippen LogP contribution in [0.5, 0.6) is 0 Å². The Hall–Kier alpha value is -0.640. The minimum absolute atomic E-state index is 0.352. The van der Waals surface area contributed by atoms with E-state index in [2.05, 4.69) is 18.7 Å². The van der Waals surface area contributed by atoms with Crippen molar-refractivity contribution in [3.05, 3.63) is 0 Å². The van der Waals surface area contributed by atoms with Gasteiger partial charge in [-0.15, -0.1) is 0 Å². The third-order valence-electron chi connectivity index (χ3n) is 3.19. The summed E-state index contributed by atoms with van der Waals surface area (Å²) in [5, 5.41) is 8.00. The van der Waals surface area contributed by atoms with Crippen molar-refractivity contribution in [2.45, 2.75) is 32.4 Å². The van der Waals surface area contributed by atoms with Crippen LogP contribution in [-0.2, 0) is 10.0 Å². The number of sulfonamides is 1. The van der Waals surface area contributed by atoms with E-state index in [0.717, 1.165) is 19.6 Å². The van der Waals surface area contributed by atoms with Crippen molar-refractivity contribution in [3.63, 3.8) is 0 Å². The van der Waals surface area contributed by atoms with Crippen LogP contribution in [0.2, 0.25) is 0 Å². The third kappa shape index (κ3) is 3.67. The van der Waals surface area contributed by atoms with Crippen molar-refractivity contribution in [1.29, 1.82) is 5.26 Å². The summed E-state index contributed by atoms with van der Waals surface area (Å²) < 4.78 is 25.8. The molecule has 1 aliphatic rings. The topological polar surface area (TPSA) is 64.4 Å². The van der Waals surface area contributed by atoms with E-state index in [1.54, 1.807) is 6.92 Å². The fraction of sp³-hybridized carbons (Fsp3) is 0.917. The molecule has 1 saturated heterocycles. The summed E-state index contributed by atoms with van der Waals surface area (Å²) in [7, 11) is -3.43. The molecule has 104 valence electrons. The summed E-state index contributed by atoms with van der Waals surface area (Å²) in [4.78, 5) is 2.28. The molecule has 1 heterocycles. The third-order valence-corrected chi connectivity index (χ3v) is 5.43. The number of nitriles is 1. The molecule has 0 spiro atoms. The summed E-state index contributed by atoms with van der Waals surface area (Å²) in [6.07, 6.45) is 0.352. The first-order valence-corrected chi connectivity index (χ1v) is 8.03. The van der Waals surface area contributed by atoms with Crippen molar-refractivity contribution in [2.24, 2.45) is 5.92 Å². The molecule has 1 atom stereocenters. The van der Waals surface area contributed by atoms with Crippen LogP contribution in [0.3, 0.4) is 0 Å². The highest BCUT2D eigenvalue weighted by Gasteiger charge is 2.33. The SMILES string of the molecule is CCC(C#N)S(=O)(=O)N1CCN(CC(C)C)CC1. The second kappa shape index (κ2) is 6.50. The predicted octanol–water partition coefficient (Wildman–Crippen LogP) is 0.892. The second-order valence-electron chi connectivity index (χ2n) is 5.16. The molecule has 6 heteroatoms. The fourth-order valence-electron chi connectivity index (χ4n) is 2.23. The quantitative estimate of drug-likeness (QED) is 0.746. The minimum atomic E-state index is -3.43. The summed E-state index contributed by atoms with van der Waals surface area (Å²) in [5.41, 5.74) is 0. The Balaban J connectivity index is 2.60. The Morgan fingerprint density at radius 2 is 1.78 bits per heavy atom. The fourth-order valence-corrected chi connectivity index (χ4v) is 3.82. The van der Waals surface area contributed by atoms with Gasteiger partial charge in [-0.25, -0.2) is 8.42 Å². The lowest BCUT2D eigenvalue weighted by molar-refractivity contribution is 0.171. The molecule has 0 saturated carbocycles. The Kier molecular flexibility index (Phi) is 5.57. The summed E-state index contributed by atoms with van der Waals surface area (Å²) in [6.45, 7) is 9.60. The van der Waals surface area contributed by atoms with Crippen LogP contribution in [-0.4, -0.2) is 55.6 Å². The predicted molar refractivity (Wildman–Crippen MR) is 71.5 cm³/mol. The van der Waals surface area contributed by atoms with Crippen LogP contribution >= 0.6 is 0 Å². The van der Waals surface area contributed by atoms with E-state index in [1.807, 2.05) is 6.07 Å². The molecule has 1 rings (SSSR count). The van der Waals surface area contributed by atoms with Gasteiger partial charge in [-0.05, 0) is 12.3 Å². The van der Waals surface area contributed by atoms with Gasteiger partial charge in [0.05, 0.1) is 6.07 Å². The molecular formula is C12H23N3O2S. The summed E-state index contributed by atoms with van der Waals surface area (Å²) >= 11 is 0. The standard InChI is InChI=1S/C12H23N3O2S/c1-4-12(9-13)18(16,17)15-7-5-14(6-8-15)10-11(2)3/h11-12H,4-8,10H2,1-3H3. The maximum Gasteiger partial charge on any atom is 0.230 e. The van der Waals surface area contributed by atoms with Crippen LogP contribution in [0.1, 0.15) is 27.2 Å². The summed E-state index contributed by atoms with van der Waals surface area (Å²) in [5.74, 6) is 0.593. The molecule has 0 aromatic heterocycles. The molecule has 5 nitrogen and oxygen atoms in total. The van der Waals surface area contributed by atoms with Gasteiger partial charge < -0.3 is 4.90 Å². The van der Waals surface area contributed by atoms with Crippen molar-refractivity contribution < 1.29 is 8.42 Å². The molecule has 18 heavy (non-hydrogen) atoms. The molecule has 0 aromatic carbocycles. The van der Waals surface area contributed by atoms with E-state index in [-0.39, 0.29) is 0 Å². The van der Waals surface area contributed by atoms with Crippen molar-refractivity contribution in [3.8, 4) is 6.07 Å². The molecule has 0 aromatic rings. The van der Waals surface area contributed by atoms with Gasteiger partial charge in [-0.2, -0.15) is 9.57 Å². The molecule has 1 unspecified atom stereocenters. The van der Waals surface area contributed by atoms with E-state index in [4.69, 9.17) is 5.26 Å². The number of piperazine rings is 1. The van der Waals surface area contributed by atoms with Crippen molar-refractivity contribution in [2.75, 3.05) is 32.7 Å². The van der Waals surface area contributed by atoms with Crippen molar-refractivity contribution >= 4 is 10.0 Å². The van der Waals surface area contributed by atoms with Gasteiger partial charge in [-0.1, -0.05) is 20.8 Å². The molecule has 1 fully saturated rings. The van der Waals surface area contributed by atoms with Crippen LogP contribution in [0.4, 0.5) is 0 Å². The first-order valence-electron chi connectivity index (χ1n) is 6.52. The van der Waals surface area contributed by atoms with Gasteiger partial charge >= 0.3 is 0 Å². The highest BCUT2D eigenvalue weighted by Crippen LogP contribution is 2.15. The molecule has 1 aliphatic heterocycles. The van der Waals surface area contributed by atoms with E-state index in [1.165, 1.54) is 4.31 Å². The number of hydrogen-bond acceptors (Lipinski definition) is 4. The molecule has 0 N–H and O–H groups in total. The monoisotopic (exact) mass is 273 g/mol. The van der Waals surface area contributed by atoms with Crippen molar-refractivity contribution in [1.82, 2.24) is 9.21 Å². The van der Waals surface area contributed by atoms with Crippen LogP contribution < -0.4 is 0 Å². The maximum absolute atomic E-state index is 12.2. The highest BCUT2D eigenvalue weighted by molar-refractivity contribution is 7.90. The second-order valence-corrected chi connectivity index (χ2v) is 7.28. The Bertz CT molecular complexity index is 392. The van der Waals surface area contributed by atoms with Crippen LogP contribution in [0, 0.1) is 17.2 Å². The zero-order chi connectivity index (χ0) is 13.8. The number of nitrogens with zero attached hydrogens (tertiary/aromatic N) is 3. The number of hydrogen-bond donors (Lipinski definition) is 0. The van der Waals surface area contributed by atoms with E-state index < -0.39 is 15.3 Å². The first kappa shape index (κ1) is 15.4. The van der Waals surface area contributed by atoms with Gasteiger partial charge in [0.15, 0.2) is 5.25 Å². The van der Waals surface area contributed by atoms with Gasteiger partial charge in [0, 0.05) is 32.7 Å². The smallest absolute Gasteiger partial charge is 0.230 e. The normalized spacial score (nSPS) is 20.8. The zero-order valence-corrected chi connectivity index (χ0v) is 12.3. The Morgan fingerprint density at radius 1 is 1.22 bits per heavy atom. The van der Waals surface area contributed by atoms with Gasteiger partial charge in [0.1, 0.15) is 0 Å².